The lowest BCUT2D eigenvalue weighted by Crippen LogP contribution is -2.38. The standard InChI is InChI=1S/C29H37N7O6.C3H8/c1-34(2)27(37)20-5-4-6-21(17-20)30-29(38)33-26-22-18-25(42-16-9-35-7-12-40-13-8-35)24(39-3)19-23(22)31-28(32-26)36-10-14-41-15-11-36;1-3-2/h4-6,17-19H,7-16H2,1-3H3,(H2,30,31,32,33,38);3H2,1-2H3. The molecule has 2 aromatic carbocycles. The highest BCUT2D eigenvalue weighted by Crippen LogP contribution is 2.35. The van der Waals surface area contributed by atoms with E-state index in [9.17, 15) is 9.59 Å². The fourth-order valence-electron chi connectivity index (χ4n) is 4.76. The molecule has 0 bridgehead atoms. The molecule has 2 saturated heterocycles. The van der Waals surface area contributed by atoms with Gasteiger partial charge in [0.1, 0.15) is 12.4 Å². The minimum atomic E-state index is -0.511. The number of rotatable bonds is 9. The van der Waals surface area contributed by atoms with Gasteiger partial charge in [-0.05, 0) is 24.3 Å². The van der Waals surface area contributed by atoms with Crippen molar-refractivity contribution in [2.75, 3.05) is 102 Å². The van der Waals surface area contributed by atoms with E-state index in [1.54, 1.807) is 57.6 Å². The van der Waals surface area contributed by atoms with E-state index in [4.69, 9.17) is 28.9 Å². The third-order valence-electron chi connectivity index (χ3n) is 7.04. The van der Waals surface area contributed by atoms with E-state index in [0.29, 0.717) is 78.3 Å². The molecule has 0 saturated carbocycles. The van der Waals surface area contributed by atoms with Gasteiger partial charge in [-0.1, -0.05) is 26.3 Å². The predicted octanol–water partition coefficient (Wildman–Crippen LogP) is 3.95. The van der Waals surface area contributed by atoms with Gasteiger partial charge in [0.05, 0.1) is 39.1 Å². The number of nitrogens with zero attached hydrogens (tertiary/aromatic N) is 5. The van der Waals surface area contributed by atoms with Crippen LogP contribution in [0.4, 0.5) is 22.2 Å². The summed E-state index contributed by atoms with van der Waals surface area (Å²) in [7, 11) is 4.94. The number of methoxy groups -OCH3 is 1. The number of hydrogen-bond acceptors (Lipinski definition) is 10. The van der Waals surface area contributed by atoms with Gasteiger partial charge in [0.15, 0.2) is 11.5 Å². The number of morpholine rings is 2. The SMILES string of the molecule is CCC.COc1cc2nc(N3CCOCC3)nc(NC(=O)Nc3cccc(C(=O)N(C)C)c3)c2cc1OCCN1CCOCC1. The van der Waals surface area contributed by atoms with Crippen LogP contribution >= 0.6 is 0 Å². The van der Waals surface area contributed by atoms with Gasteiger partial charge >= 0.3 is 6.03 Å². The van der Waals surface area contributed by atoms with Crippen LogP contribution in [-0.4, -0.2) is 119 Å². The van der Waals surface area contributed by atoms with Gasteiger partial charge in [0.25, 0.3) is 5.91 Å². The van der Waals surface area contributed by atoms with Crippen LogP contribution in [0.15, 0.2) is 36.4 Å². The van der Waals surface area contributed by atoms with Gasteiger partial charge in [-0.15, -0.1) is 0 Å². The Balaban J connectivity index is 0.00000148. The first-order valence-corrected chi connectivity index (χ1v) is 15.4. The molecule has 13 heteroatoms. The van der Waals surface area contributed by atoms with Crippen molar-refractivity contribution >= 4 is 40.3 Å². The fraction of sp³-hybridized carbons (Fsp3) is 0.500. The average molecular weight is 624 g/mol. The first kappa shape index (κ1) is 33.7. The van der Waals surface area contributed by atoms with Gasteiger partial charge < -0.3 is 34.1 Å². The number of fused-ring (bicyclic) bond motifs is 1. The molecule has 3 heterocycles. The Morgan fingerprint density at radius 3 is 2.29 bits per heavy atom. The van der Waals surface area contributed by atoms with E-state index in [-0.39, 0.29) is 5.91 Å². The van der Waals surface area contributed by atoms with Gasteiger partial charge in [0.2, 0.25) is 5.95 Å². The van der Waals surface area contributed by atoms with Crippen LogP contribution in [0.1, 0.15) is 30.6 Å². The maximum absolute atomic E-state index is 13.2. The highest BCUT2D eigenvalue weighted by Gasteiger charge is 2.21. The summed E-state index contributed by atoms with van der Waals surface area (Å²) >= 11 is 0. The lowest BCUT2D eigenvalue weighted by Gasteiger charge is -2.27. The second-order valence-corrected chi connectivity index (χ2v) is 10.9. The summed E-state index contributed by atoms with van der Waals surface area (Å²) < 4.78 is 22.7. The number of benzene rings is 2. The van der Waals surface area contributed by atoms with Crippen LogP contribution in [0.5, 0.6) is 11.5 Å². The molecule has 244 valence electrons. The van der Waals surface area contributed by atoms with E-state index in [1.165, 1.54) is 11.3 Å². The lowest BCUT2D eigenvalue weighted by atomic mass is 10.2. The summed E-state index contributed by atoms with van der Waals surface area (Å²) in [5.74, 6) is 1.70. The number of aromatic nitrogens is 2. The zero-order valence-electron chi connectivity index (χ0n) is 26.9. The van der Waals surface area contributed by atoms with Crippen LogP contribution in [0.2, 0.25) is 0 Å². The number of nitrogens with one attached hydrogen (secondary N) is 2. The molecule has 45 heavy (non-hydrogen) atoms. The Bertz CT molecular complexity index is 1420. The normalized spacial score (nSPS) is 15.1. The zero-order chi connectivity index (χ0) is 32.2. The molecule has 0 atom stereocenters. The van der Waals surface area contributed by atoms with Crippen molar-refractivity contribution < 1.29 is 28.5 Å². The summed E-state index contributed by atoms with van der Waals surface area (Å²) in [6, 6.07) is 9.84. The van der Waals surface area contributed by atoms with Crippen LogP contribution in [0.25, 0.3) is 10.9 Å². The Labute approximate surface area is 264 Å². The van der Waals surface area contributed by atoms with Crippen LogP contribution in [-0.2, 0) is 9.47 Å². The van der Waals surface area contributed by atoms with E-state index >= 15 is 0 Å². The molecule has 3 amide bonds. The largest absolute Gasteiger partial charge is 0.493 e. The smallest absolute Gasteiger partial charge is 0.324 e. The molecule has 0 aliphatic carbocycles. The molecule has 2 N–H and O–H groups in total. The maximum atomic E-state index is 13.2. The van der Waals surface area contributed by atoms with E-state index in [1.807, 2.05) is 4.90 Å². The van der Waals surface area contributed by atoms with E-state index < -0.39 is 6.03 Å². The quantitative estimate of drug-likeness (QED) is 0.361. The predicted molar refractivity (Wildman–Crippen MR) is 175 cm³/mol. The molecule has 1 aromatic heterocycles. The Kier molecular flexibility index (Phi) is 12.5. The van der Waals surface area contributed by atoms with Crippen molar-refractivity contribution in [3.05, 3.63) is 42.0 Å². The average Bonchev–Trinajstić information content (AvgIpc) is 3.05. The van der Waals surface area contributed by atoms with E-state index in [0.717, 1.165) is 32.8 Å². The minimum absolute atomic E-state index is 0.161. The third kappa shape index (κ3) is 9.40. The molecule has 13 nitrogen and oxygen atoms in total. The van der Waals surface area contributed by atoms with Crippen molar-refractivity contribution in [3.8, 4) is 11.5 Å². The third-order valence-corrected chi connectivity index (χ3v) is 7.04. The number of anilines is 3. The topological polar surface area (TPSA) is 131 Å². The molecule has 0 spiro atoms. The highest BCUT2D eigenvalue weighted by atomic mass is 16.5. The van der Waals surface area contributed by atoms with Crippen molar-refractivity contribution in [2.45, 2.75) is 20.3 Å². The molecular weight excluding hydrogens is 578 g/mol. The van der Waals surface area contributed by atoms with E-state index in [2.05, 4.69) is 29.4 Å². The molecule has 2 aliphatic rings. The highest BCUT2D eigenvalue weighted by molar-refractivity contribution is 6.05. The van der Waals surface area contributed by atoms with Crippen molar-refractivity contribution in [1.82, 2.24) is 19.8 Å². The van der Waals surface area contributed by atoms with Crippen molar-refractivity contribution in [3.63, 3.8) is 0 Å². The van der Waals surface area contributed by atoms with Crippen molar-refractivity contribution in [1.29, 1.82) is 0 Å². The monoisotopic (exact) mass is 623 g/mol. The zero-order valence-corrected chi connectivity index (χ0v) is 26.9. The number of ether oxygens (including phenoxy) is 4. The number of urea groups is 1. The van der Waals surface area contributed by atoms with Crippen molar-refractivity contribution in [2.24, 2.45) is 0 Å². The Hall–Kier alpha value is -4.20. The van der Waals surface area contributed by atoms with Gasteiger partial charge in [-0.3, -0.25) is 15.0 Å². The van der Waals surface area contributed by atoms with Crippen LogP contribution in [0, 0.1) is 0 Å². The van der Waals surface area contributed by atoms with Gasteiger partial charge in [-0.2, -0.15) is 4.98 Å². The molecule has 0 unspecified atom stereocenters. The van der Waals surface area contributed by atoms with Crippen LogP contribution < -0.4 is 25.0 Å². The molecular formula is C32H45N7O6. The molecule has 2 fully saturated rings. The fourth-order valence-corrected chi connectivity index (χ4v) is 4.76. The maximum Gasteiger partial charge on any atom is 0.324 e. The van der Waals surface area contributed by atoms with Gasteiger partial charge in [0, 0.05) is 69.5 Å². The number of hydrogen-bond donors (Lipinski definition) is 2. The summed E-state index contributed by atoms with van der Waals surface area (Å²) in [4.78, 5) is 40.9. The van der Waals surface area contributed by atoms with Gasteiger partial charge in [-0.25, -0.2) is 9.78 Å². The summed E-state index contributed by atoms with van der Waals surface area (Å²) in [5, 5.41) is 6.29. The molecule has 5 rings (SSSR count). The second kappa shape index (κ2) is 16.8. The Morgan fingerprint density at radius 1 is 0.933 bits per heavy atom. The second-order valence-electron chi connectivity index (χ2n) is 10.9. The Morgan fingerprint density at radius 2 is 1.62 bits per heavy atom. The molecule has 3 aromatic rings. The number of carbonyl (C=O) groups is 2. The molecule has 2 aliphatic heterocycles. The first-order chi connectivity index (χ1) is 21.8. The molecule has 0 radical (unpaired) electrons. The summed E-state index contributed by atoms with van der Waals surface area (Å²) in [5.41, 5.74) is 1.53. The lowest BCUT2D eigenvalue weighted by molar-refractivity contribution is 0.0321. The number of carbonyl (C=O) groups excluding carboxylic acids is 2. The van der Waals surface area contributed by atoms with Crippen LogP contribution in [0.3, 0.4) is 0 Å². The summed E-state index contributed by atoms with van der Waals surface area (Å²) in [6.07, 6.45) is 1.25. The summed E-state index contributed by atoms with van der Waals surface area (Å²) in [6.45, 7) is 11.0. The minimum Gasteiger partial charge on any atom is -0.493 e. The number of amides is 3. The first-order valence-electron chi connectivity index (χ1n) is 15.4.